The maximum Gasteiger partial charge on any atom is 0.322 e. The lowest BCUT2D eigenvalue weighted by Gasteiger charge is -2.25. The number of amides is 2. The molecule has 1 aliphatic rings. The van der Waals surface area contributed by atoms with Gasteiger partial charge in [0.05, 0.1) is 17.4 Å². The zero-order valence-electron chi connectivity index (χ0n) is 12.6. The van der Waals surface area contributed by atoms with Gasteiger partial charge in [0.25, 0.3) is 0 Å². The third-order valence-electron chi connectivity index (χ3n) is 4.05. The zero-order chi connectivity index (χ0) is 15.7. The van der Waals surface area contributed by atoms with Crippen molar-refractivity contribution in [3.63, 3.8) is 0 Å². The number of halogens is 1. The fourth-order valence-corrected chi connectivity index (χ4v) is 3.41. The van der Waals surface area contributed by atoms with Gasteiger partial charge >= 0.3 is 6.03 Å². The average Bonchev–Trinajstić information content (AvgIpc) is 3.08. The molecule has 0 saturated carbocycles. The van der Waals surface area contributed by atoms with Crippen molar-refractivity contribution in [2.45, 2.75) is 32.7 Å². The van der Waals surface area contributed by atoms with E-state index in [1.54, 1.807) is 0 Å². The fourth-order valence-electron chi connectivity index (χ4n) is 3.03. The number of aromatic nitrogens is 1. The van der Waals surface area contributed by atoms with Crippen LogP contribution < -0.4 is 5.32 Å². The lowest BCUT2D eigenvalue weighted by atomic mass is 10.0. The van der Waals surface area contributed by atoms with Gasteiger partial charge in [0.1, 0.15) is 5.76 Å². The van der Waals surface area contributed by atoms with Crippen molar-refractivity contribution >= 4 is 27.6 Å². The Morgan fingerprint density at radius 3 is 2.86 bits per heavy atom. The van der Waals surface area contributed by atoms with Crippen LogP contribution in [0.25, 0.3) is 0 Å². The molecule has 5 nitrogen and oxygen atoms in total. The van der Waals surface area contributed by atoms with Crippen LogP contribution in [-0.4, -0.2) is 22.6 Å². The molecular weight excluding hydrogens is 346 g/mol. The number of para-hydroxylation sites is 1. The molecule has 0 spiro atoms. The number of urea groups is 1. The summed E-state index contributed by atoms with van der Waals surface area (Å²) in [5.74, 6) is 0.795. The predicted molar refractivity (Wildman–Crippen MR) is 87.8 cm³/mol. The third kappa shape index (κ3) is 2.75. The van der Waals surface area contributed by atoms with Crippen molar-refractivity contribution in [2.24, 2.45) is 0 Å². The van der Waals surface area contributed by atoms with Crippen LogP contribution in [0.15, 0.2) is 33.3 Å². The number of hydrogen-bond acceptors (Lipinski definition) is 3. The Morgan fingerprint density at radius 1 is 1.41 bits per heavy atom. The summed E-state index contributed by atoms with van der Waals surface area (Å²) in [5.41, 5.74) is 2.68. The van der Waals surface area contributed by atoms with E-state index in [1.807, 2.05) is 43.0 Å². The highest BCUT2D eigenvalue weighted by Crippen LogP contribution is 2.36. The molecule has 116 valence electrons. The first-order valence-corrected chi connectivity index (χ1v) is 8.12. The first-order chi connectivity index (χ1) is 10.6. The number of benzene rings is 1. The molecule has 2 amide bonds. The summed E-state index contributed by atoms with van der Waals surface area (Å²) >= 11 is 3.45. The molecule has 2 aromatic rings. The van der Waals surface area contributed by atoms with E-state index in [1.165, 1.54) is 0 Å². The van der Waals surface area contributed by atoms with E-state index < -0.39 is 0 Å². The molecule has 0 radical (unpaired) electrons. The van der Waals surface area contributed by atoms with E-state index in [4.69, 9.17) is 4.52 Å². The summed E-state index contributed by atoms with van der Waals surface area (Å²) in [6, 6.07) is 7.55. The number of aryl methyl sites for hydroxylation is 2. The van der Waals surface area contributed by atoms with E-state index in [0.29, 0.717) is 0 Å². The molecule has 1 aliphatic heterocycles. The molecule has 1 aromatic carbocycles. The van der Waals surface area contributed by atoms with Crippen LogP contribution in [0.1, 0.15) is 35.9 Å². The lowest BCUT2D eigenvalue weighted by Crippen LogP contribution is -2.34. The molecule has 6 heteroatoms. The second-order valence-corrected chi connectivity index (χ2v) is 6.35. The number of carbonyl (C=O) groups is 1. The largest absolute Gasteiger partial charge is 0.361 e. The number of hydrogen-bond donors (Lipinski definition) is 1. The second-order valence-electron chi connectivity index (χ2n) is 5.50. The minimum atomic E-state index is -0.0885. The molecule has 22 heavy (non-hydrogen) atoms. The molecule has 1 aromatic heterocycles. The quantitative estimate of drug-likeness (QED) is 0.858. The van der Waals surface area contributed by atoms with Gasteiger partial charge in [0.2, 0.25) is 0 Å². The Bertz CT molecular complexity index is 679. The first kappa shape index (κ1) is 15.1. The van der Waals surface area contributed by atoms with Crippen molar-refractivity contribution in [3.05, 3.63) is 45.8 Å². The van der Waals surface area contributed by atoms with Crippen LogP contribution in [0.4, 0.5) is 10.5 Å². The molecule has 1 fully saturated rings. The van der Waals surface area contributed by atoms with Crippen LogP contribution in [0.2, 0.25) is 0 Å². The molecule has 3 rings (SSSR count). The summed E-state index contributed by atoms with van der Waals surface area (Å²) < 4.78 is 6.13. The number of likely N-dealkylation sites (tertiary alicyclic amines) is 1. The summed E-state index contributed by atoms with van der Waals surface area (Å²) in [4.78, 5) is 14.5. The van der Waals surface area contributed by atoms with Crippen molar-refractivity contribution in [2.75, 3.05) is 11.9 Å². The van der Waals surface area contributed by atoms with Gasteiger partial charge in [-0.1, -0.05) is 17.3 Å². The van der Waals surface area contributed by atoms with E-state index in [9.17, 15) is 4.79 Å². The first-order valence-electron chi connectivity index (χ1n) is 7.33. The number of nitrogens with zero attached hydrogens (tertiary/aromatic N) is 2. The average molecular weight is 364 g/mol. The minimum absolute atomic E-state index is 0.0359. The molecule has 0 bridgehead atoms. The maximum absolute atomic E-state index is 12.6. The molecule has 1 N–H and O–H groups in total. The van der Waals surface area contributed by atoms with Gasteiger partial charge in [0, 0.05) is 16.6 Å². The van der Waals surface area contributed by atoms with Crippen molar-refractivity contribution in [1.82, 2.24) is 10.1 Å². The van der Waals surface area contributed by atoms with Crippen LogP contribution >= 0.6 is 15.9 Å². The molecule has 1 saturated heterocycles. The number of nitrogens with one attached hydrogen (secondary N) is 1. The number of carbonyl (C=O) groups excluding carboxylic acids is 1. The van der Waals surface area contributed by atoms with Crippen molar-refractivity contribution < 1.29 is 9.32 Å². The predicted octanol–water partition coefficient (Wildman–Crippen LogP) is 4.42. The van der Waals surface area contributed by atoms with Gasteiger partial charge in [0.15, 0.2) is 0 Å². The van der Waals surface area contributed by atoms with Gasteiger partial charge in [-0.15, -0.1) is 0 Å². The Labute approximate surface area is 137 Å². The zero-order valence-corrected chi connectivity index (χ0v) is 14.2. The highest BCUT2D eigenvalue weighted by molar-refractivity contribution is 9.10. The van der Waals surface area contributed by atoms with Crippen molar-refractivity contribution in [3.8, 4) is 0 Å². The van der Waals surface area contributed by atoms with E-state index in [2.05, 4.69) is 26.4 Å². The maximum atomic E-state index is 12.6. The molecule has 1 atom stereocenters. The smallest absolute Gasteiger partial charge is 0.322 e. The summed E-state index contributed by atoms with van der Waals surface area (Å²) in [6.45, 7) is 4.57. The molecular formula is C16H18BrN3O2. The normalized spacial score (nSPS) is 17.8. The van der Waals surface area contributed by atoms with Gasteiger partial charge in [-0.25, -0.2) is 4.79 Å². The number of anilines is 1. The molecule has 1 unspecified atom stereocenters. The summed E-state index contributed by atoms with van der Waals surface area (Å²) in [7, 11) is 0. The molecule has 0 aliphatic carbocycles. The highest BCUT2D eigenvalue weighted by Gasteiger charge is 2.33. The lowest BCUT2D eigenvalue weighted by molar-refractivity contribution is 0.206. The Balaban J connectivity index is 1.81. The van der Waals surface area contributed by atoms with Crippen LogP contribution in [0.3, 0.4) is 0 Å². The Kier molecular flexibility index (Phi) is 4.20. The highest BCUT2D eigenvalue weighted by atomic mass is 79.9. The second kappa shape index (κ2) is 6.12. The third-order valence-corrected chi connectivity index (χ3v) is 4.74. The topological polar surface area (TPSA) is 58.4 Å². The van der Waals surface area contributed by atoms with Crippen LogP contribution in [-0.2, 0) is 0 Å². The Morgan fingerprint density at radius 2 is 2.18 bits per heavy atom. The fraction of sp³-hybridized carbons (Fsp3) is 0.375. The summed E-state index contributed by atoms with van der Waals surface area (Å²) in [5, 5.41) is 6.98. The molecule has 2 heterocycles. The van der Waals surface area contributed by atoms with Crippen molar-refractivity contribution in [1.29, 1.82) is 0 Å². The summed E-state index contributed by atoms with van der Waals surface area (Å²) in [6.07, 6.45) is 1.92. The SMILES string of the molecule is Cc1noc(C)c1C1CCCN1C(=O)Nc1ccccc1Br. The van der Waals surface area contributed by atoms with E-state index >= 15 is 0 Å². The monoisotopic (exact) mass is 363 g/mol. The van der Waals surface area contributed by atoms with Gasteiger partial charge in [-0.3, -0.25) is 0 Å². The Hall–Kier alpha value is -1.82. The van der Waals surface area contributed by atoms with Crippen LogP contribution in [0.5, 0.6) is 0 Å². The number of rotatable bonds is 2. The standard InChI is InChI=1S/C16H18BrN3O2/c1-10-15(11(2)22-19-10)14-8-5-9-20(14)16(21)18-13-7-4-3-6-12(13)17/h3-4,6-7,14H,5,8-9H2,1-2H3,(H,18,21). The van der Waals surface area contributed by atoms with Gasteiger partial charge in [-0.05, 0) is 54.8 Å². The van der Waals surface area contributed by atoms with E-state index in [-0.39, 0.29) is 12.1 Å². The van der Waals surface area contributed by atoms with Crippen LogP contribution in [0, 0.1) is 13.8 Å². The minimum Gasteiger partial charge on any atom is -0.361 e. The van der Waals surface area contributed by atoms with Gasteiger partial charge in [-0.2, -0.15) is 0 Å². The van der Waals surface area contributed by atoms with Gasteiger partial charge < -0.3 is 14.7 Å². The van der Waals surface area contributed by atoms with E-state index in [0.717, 1.165) is 46.6 Å².